The summed E-state index contributed by atoms with van der Waals surface area (Å²) in [5.74, 6) is 0.695. The van der Waals surface area contributed by atoms with E-state index in [9.17, 15) is 9.59 Å². The van der Waals surface area contributed by atoms with Crippen molar-refractivity contribution in [2.75, 3.05) is 14.2 Å². The van der Waals surface area contributed by atoms with Crippen LogP contribution in [0, 0.1) is 0 Å². The van der Waals surface area contributed by atoms with Crippen LogP contribution < -0.4 is 9.47 Å². The number of hydrogen-bond donors (Lipinski definition) is 0. The minimum absolute atomic E-state index is 0.337. The first-order chi connectivity index (χ1) is 11.6. The Morgan fingerprint density at radius 2 is 1.75 bits per heavy atom. The second-order valence-electron chi connectivity index (χ2n) is 5.17. The van der Waals surface area contributed by atoms with Crippen LogP contribution in [-0.2, 0) is 9.47 Å². The molecule has 0 saturated carbocycles. The quantitative estimate of drug-likeness (QED) is 0.620. The first-order valence-electron chi connectivity index (χ1n) is 7.32. The van der Waals surface area contributed by atoms with Gasteiger partial charge >= 0.3 is 6.16 Å². The summed E-state index contributed by atoms with van der Waals surface area (Å²) in [7, 11) is 3.02. The van der Waals surface area contributed by atoms with Crippen molar-refractivity contribution in [1.82, 2.24) is 0 Å². The molecule has 0 unspecified atom stereocenters. The molecule has 124 valence electrons. The van der Waals surface area contributed by atoms with E-state index in [0.29, 0.717) is 22.6 Å². The molecular weight excluding hydrogens is 312 g/mol. The van der Waals surface area contributed by atoms with Crippen LogP contribution in [0.1, 0.15) is 22.0 Å². The Kier molecular flexibility index (Phi) is 4.37. The molecule has 1 saturated heterocycles. The Morgan fingerprint density at radius 3 is 2.42 bits per heavy atom. The summed E-state index contributed by atoms with van der Waals surface area (Å²) in [6.45, 7) is 0. The number of rotatable bonds is 5. The molecule has 24 heavy (non-hydrogen) atoms. The van der Waals surface area contributed by atoms with Gasteiger partial charge in [-0.15, -0.1) is 0 Å². The maximum Gasteiger partial charge on any atom is 0.509 e. The van der Waals surface area contributed by atoms with Gasteiger partial charge in [0.05, 0.1) is 14.2 Å². The molecule has 1 aliphatic rings. The van der Waals surface area contributed by atoms with Crippen LogP contribution in [0.25, 0.3) is 0 Å². The second kappa shape index (κ2) is 6.62. The Bertz CT molecular complexity index is 755. The van der Waals surface area contributed by atoms with Crippen molar-refractivity contribution in [3.63, 3.8) is 0 Å². The first kappa shape index (κ1) is 15.9. The summed E-state index contributed by atoms with van der Waals surface area (Å²) in [4.78, 5) is 24.4. The molecule has 3 rings (SSSR count). The molecule has 0 radical (unpaired) electrons. The Labute approximate surface area is 138 Å². The van der Waals surface area contributed by atoms with E-state index in [2.05, 4.69) is 0 Å². The van der Waals surface area contributed by atoms with E-state index in [1.807, 2.05) is 0 Å². The normalized spacial score (nSPS) is 19.3. The molecule has 0 aromatic heterocycles. The zero-order valence-corrected chi connectivity index (χ0v) is 13.2. The molecule has 2 aromatic carbocycles. The number of ether oxygens (including phenoxy) is 4. The van der Waals surface area contributed by atoms with Crippen LogP contribution in [0.15, 0.2) is 48.5 Å². The highest BCUT2D eigenvalue weighted by Crippen LogP contribution is 2.38. The van der Waals surface area contributed by atoms with Crippen molar-refractivity contribution >= 4 is 11.9 Å². The lowest BCUT2D eigenvalue weighted by Gasteiger charge is -2.18. The third-order valence-electron chi connectivity index (χ3n) is 3.78. The van der Waals surface area contributed by atoms with Gasteiger partial charge in [-0.25, -0.2) is 4.79 Å². The van der Waals surface area contributed by atoms with E-state index >= 15 is 0 Å². The third-order valence-corrected chi connectivity index (χ3v) is 3.78. The number of ketones is 1. The standard InChI is InChI=1S/C18H16O6/c1-21-12-8-9-14(22-2)13(10-12)16-17(24-18(20)23-16)15(19)11-6-4-3-5-7-11/h3-10,16-17H,1-2H3/t16-,17-/m0/s1. The van der Waals surface area contributed by atoms with Crippen molar-refractivity contribution in [1.29, 1.82) is 0 Å². The zero-order chi connectivity index (χ0) is 17.1. The summed E-state index contributed by atoms with van der Waals surface area (Å²) < 4.78 is 20.8. The average Bonchev–Trinajstić information content (AvgIpc) is 3.02. The molecular formula is C18H16O6. The van der Waals surface area contributed by atoms with Gasteiger partial charge in [0.2, 0.25) is 11.9 Å². The lowest BCUT2D eigenvalue weighted by atomic mass is 9.96. The number of cyclic esters (lactones) is 2. The van der Waals surface area contributed by atoms with Gasteiger partial charge in [0, 0.05) is 11.1 Å². The van der Waals surface area contributed by atoms with Crippen LogP contribution in [0.3, 0.4) is 0 Å². The fourth-order valence-corrected chi connectivity index (χ4v) is 2.60. The fraction of sp³-hybridized carbons (Fsp3) is 0.222. The van der Waals surface area contributed by atoms with E-state index in [1.54, 1.807) is 48.5 Å². The molecule has 0 aliphatic carbocycles. The molecule has 0 spiro atoms. The lowest BCUT2D eigenvalue weighted by molar-refractivity contribution is 0.0714. The Hall–Kier alpha value is -3.02. The largest absolute Gasteiger partial charge is 0.509 e. The number of hydrogen-bond acceptors (Lipinski definition) is 6. The van der Waals surface area contributed by atoms with Crippen molar-refractivity contribution in [3.05, 3.63) is 59.7 Å². The van der Waals surface area contributed by atoms with Gasteiger partial charge in [0.1, 0.15) is 11.5 Å². The van der Waals surface area contributed by atoms with E-state index in [1.165, 1.54) is 14.2 Å². The molecule has 1 heterocycles. The SMILES string of the molecule is COc1ccc(OC)c([C@@H]2OC(=O)O[C@H]2C(=O)c2ccccc2)c1. The van der Waals surface area contributed by atoms with Gasteiger partial charge in [-0.2, -0.15) is 0 Å². The molecule has 0 N–H and O–H groups in total. The predicted molar refractivity (Wildman–Crippen MR) is 84.4 cm³/mol. The van der Waals surface area contributed by atoms with Crippen LogP contribution in [0.5, 0.6) is 11.5 Å². The molecule has 6 heteroatoms. The molecule has 6 nitrogen and oxygen atoms in total. The topological polar surface area (TPSA) is 71.1 Å². The molecule has 1 fully saturated rings. The van der Waals surface area contributed by atoms with Crippen molar-refractivity contribution < 1.29 is 28.5 Å². The minimum atomic E-state index is -1.08. The highest BCUT2D eigenvalue weighted by Gasteiger charge is 2.44. The number of Topliss-reactive ketones (excluding diaryl/α,β-unsaturated/α-hetero) is 1. The van der Waals surface area contributed by atoms with E-state index in [4.69, 9.17) is 18.9 Å². The van der Waals surface area contributed by atoms with Gasteiger partial charge in [0.25, 0.3) is 0 Å². The number of benzene rings is 2. The first-order valence-corrected chi connectivity index (χ1v) is 7.32. The Morgan fingerprint density at radius 1 is 1.00 bits per heavy atom. The van der Waals surface area contributed by atoms with Gasteiger partial charge in [-0.05, 0) is 18.2 Å². The molecule has 2 atom stereocenters. The molecule has 1 aliphatic heterocycles. The van der Waals surface area contributed by atoms with Crippen LogP contribution in [0.2, 0.25) is 0 Å². The van der Waals surface area contributed by atoms with E-state index < -0.39 is 18.4 Å². The summed E-state index contributed by atoms with van der Waals surface area (Å²) >= 11 is 0. The highest BCUT2D eigenvalue weighted by molar-refractivity contribution is 6.01. The summed E-state index contributed by atoms with van der Waals surface area (Å²) in [5.41, 5.74) is 0.949. The predicted octanol–water partition coefficient (Wildman–Crippen LogP) is 3.16. The van der Waals surface area contributed by atoms with Crippen molar-refractivity contribution in [3.8, 4) is 11.5 Å². The number of carbonyl (C=O) groups excluding carboxylic acids is 2. The summed E-state index contributed by atoms with van der Waals surface area (Å²) in [6, 6.07) is 13.7. The molecule has 0 bridgehead atoms. The Balaban J connectivity index is 1.99. The van der Waals surface area contributed by atoms with Crippen molar-refractivity contribution in [2.24, 2.45) is 0 Å². The van der Waals surface area contributed by atoms with E-state index in [0.717, 1.165) is 0 Å². The van der Waals surface area contributed by atoms with Gasteiger partial charge in [0.15, 0.2) is 6.10 Å². The smallest absolute Gasteiger partial charge is 0.497 e. The zero-order valence-electron chi connectivity index (χ0n) is 13.2. The van der Waals surface area contributed by atoms with E-state index in [-0.39, 0.29) is 5.78 Å². The summed E-state index contributed by atoms with van der Waals surface area (Å²) in [6.07, 6.45) is -2.88. The highest BCUT2D eigenvalue weighted by atomic mass is 16.8. The number of methoxy groups -OCH3 is 2. The second-order valence-corrected chi connectivity index (χ2v) is 5.17. The maximum atomic E-state index is 12.7. The molecule has 0 amide bonds. The maximum absolute atomic E-state index is 12.7. The van der Waals surface area contributed by atoms with Gasteiger partial charge < -0.3 is 18.9 Å². The fourth-order valence-electron chi connectivity index (χ4n) is 2.60. The van der Waals surface area contributed by atoms with Crippen molar-refractivity contribution in [2.45, 2.75) is 12.2 Å². The summed E-state index contributed by atoms with van der Waals surface area (Å²) in [5, 5.41) is 0. The number of carbonyl (C=O) groups is 2. The lowest BCUT2D eigenvalue weighted by Crippen LogP contribution is -2.26. The van der Waals surface area contributed by atoms with Crippen LogP contribution in [-0.4, -0.2) is 32.3 Å². The average molecular weight is 328 g/mol. The third kappa shape index (κ3) is 2.90. The minimum Gasteiger partial charge on any atom is -0.497 e. The van der Waals surface area contributed by atoms with Gasteiger partial charge in [-0.3, -0.25) is 4.79 Å². The van der Waals surface area contributed by atoms with Crippen LogP contribution >= 0.6 is 0 Å². The van der Waals surface area contributed by atoms with Gasteiger partial charge in [-0.1, -0.05) is 30.3 Å². The molecule has 2 aromatic rings. The van der Waals surface area contributed by atoms with Crippen LogP contribution in [0.4, 0.5) is 4.79 Å². The monoisotopic (exact) mass is 328 g/mol.